The van der Waals surface area contributed by atoms with E-state index < -0.39 is 5.41 Å². The molecule has 4 nitrogen and oxygen atoms in total. The summed E-state index contributed by atoms with van der Waals surface area (Å²) in [4.78, 5) is 19.8. The summed E-state index contributed by atoms with van der Waals surface area (Å²) < 4.78 is 2.20. The largest absolute Gasteiger partial charge is 0.341 e. The molecule has 0 radical (unpaired) electrons. The minimum atomic E-state index is -0.497. The Morgan fingerprint density at radius 3 is 2.75 bits per heavy atom. The molecule has 1 aliphatic heterocycles. The van der Waals surface area contributed by atoms with Crippen molar-refractivity contribution in [3.63, 3.8) is 0 Å². The minimum Gasteiger partial charge on any atom is -0.341 e. The summed E-state index contributed by atoms with van der Waals surface area (Å²) in [5, 5.41) is 0. The van der Waals surface area contributed by atoms with Crippen molar-refractivity contribution < 1.29 is 4.79 Å². The third-order valence-electron chi connectivity index (χ3n) is 5.19. The van der Waals surface area contributed by atoms with Gasteiger partial charge in [-0.15, -0.1) is 0 Å². The lowest BCUT2D eigenvalue weighted by Gasteiger charge is -2.37. The van der Waals surface area contributed by atoms with Crippen LogP contribution in [0.3, 0.4) is 0 Å². The first-order valence-corrected chi connectivity index (χ1v) is 8.90. The van der Waals surface area contributed by atoms with Crippen LogP contribution >= 0.6 is 0 Å². The van der Waals surface area contributed by atoms with E-state index in [4.69, 9.17) is 0 Å². The molecule has 2 aromatic rings. The number of carbonyl (C=O) groups is 1. The highest BCUT2D eigenvalue weighted by Crippen LogP contribution is 2.31. The smallest absolute Gasteiger partial charge is 0.232 e. The Kier molecular flexibility index (Phi) is 4.74. The topological polar surface area (TPSA) is 38.1 Å². The summed E-state index contributed by atoms with van der Waals surface area (Å²) in [5.41, 5.74) is 0.579. The number of carbonyl (C=O) groups excluding carboxylic acids is 1. The predicted molar refractivity (Wildman–Crippen MR) is 95.9 cm³/mol. The molecule has 1 aromatic carbocycles. The fourth-order valence-electron chi connectivity index (χ4n) is 3.69. The Labute approximate surface area is 144 Å². The first-order valence-electron chi connectivity index (χ1n) is 8.90. The molecule has 1 fully saturated rings. The fraction of sp³-hybridized carbons (Fsp3) is 0.500. The van der Waals surface area contributed by atoms with Crippen LogP contribution in [0, 0.1) is 0 Å². The van der Waals surface area contributed by atoms with E-state index in [0.29, 0.717) is 5.92 Å². The molecule has 1 aliphatic rings. The van der Waals surface area contributed by atoms with Gasteiger partial charge in [0.05, 0.1) is 5.41 Å². The summed E-state index contributed by atoms with van der Waals surface area (Å²) >= 11 is 0. The molecular weight excluding hydrogens is 298 g/mol. The van der Waals surface area contributed by atoms with Crippen molar-refractivity contribution in [1.29, 1.82) is 0 Å². The van der Waals surface area contributed by atoms with Crippen LogP contribution in [0.15, 0.2) is 42.7 Å². The molecule has 4 heteroatoms. The number of imidazole rings is 1. The second-order valence-electron chi connectivity index (χ2n) is 7.15. The lowest BCUT2D eigenvalue weighted by atomic mass is 9.82. The molecule has 0 bridgehead atoms. The van der Waals surface area contributed by atoms with Crippen molar-refractivity contribution in [3.8, 4) is 0 Å². The normalized spacial score (nSPS) is 18.6. The summed E-state index contributed by atoms with van der Waals surface area (Å²) in [6, 6.07) is 10.1. The fourth-order valence-corrected chi connectivity index (χ4v) is 3.69. The van der Waals surface area contributed by atoms with E-state index in [9.17, 15) is 4.79 Å². The third kappa shape index (κ3) is 3.10. The lowest BCUT2D eigenvalue weighted by molar-refractivity contribution is -0.137. The summed E-state index contributed by atoms with van der Waals surface area (Å²) in [6.07, 6.45) is 6.04. The van der Waals surface area contributed by atoms with Crippen LogP contribution in [0.1, 0.15) is 50.9 Å². The number of nitrogens with zero attached hydrogens (tertiary/aromatic N) is 3. The van der Waals surface area contributed by atoms with Crippen LogP contribution in [-0.2, 0) is 16.8 Å². The van der Waals surface area contributed by atoms with Gasteiger partial charge in [0, 0.05) is 37.9 Å². The maximum absolute atomic E-state index is 13.2. The Morgan fingerprint density at radius 2 is 2.04 bits per heavy atom. The second-order valence-corrected chi connectivity index (χ2v) is 7.15. The van der Waals surface area contributed by atoms with Crippen LogP contribution in [0.25, 0.3) is 0 Å². The number of rotatable bonds is 4. The van der Waals surface area contributed by atoms with Crippen molar-refractivity contribution in [3.05, 3.63) is 54.1 Å². The number of hydrogen-bond donors (Lipinski definition) is 0. The summed E-state index contributed by atoms with van der Waals surface area (Å²) in [5.74, 6) is 1.67. The highest BCUT2D eigenvalue weighted by atomic mass is 16.2. The third-order valence-corrected chi connectivity index (χ3v) is 5.19. The standard InChI is InChI=1S/C20H27N3O/c1-4-22-14-12-21-18(22)16-9-8-13-23(15-16)19(24)20(2,3)17-10-6-5-7-11-17/h5-7,10-12,14,16H,4,8-9,13,15H2,1-3H3/t16-/m0/s1. The molecule has 128 valence electrons. The number of hydrogen-bond acceptors (Lipinski definition) is 2. The summed E-state index contributed by atoms with van der Waals surface area (Å²) in [7, 11) is 0. The zero-order valence-electron chi connectivity index (χ0n) is 14.9. The number of aromatic nitrogens is 2. The van der Waals surface area contributed by atoms with Crippen LogP contribution in [0.5, 0.6) is 0 Å². The van der Waals surface area contributed by atoms with E-state index in [1.54, 1.807) is 0 Å². The molecule has 1 amide bonds. The van der Waals surface area contributed by atoms with Crippen LogP contribution in [-0.4, -0.2) is 33.4 Å². The van der Waals surface area contributed by atoms with Gasteiger partial charge in [-0.25, -0.2) is 4.98 Å². The first kappa shape index (κ1) is 16.7. The van der Waals surface area contributed by atoms with Crippen LogP contribution < -0.4 is 0 Å². The van der Waals surface area contributed by atoms with Gasteiger partial charge in [0.25, 0.3) is 0 Å². The molecule has 1 atom stereocenters. The van der Waals surface area contributed by atoms with Crippen LogP contribution in [0.4, 0.5) is 0 Å². The molecule has 0 saturated carbocycles. The Hall–Kier alpha value is -2.10. The average molecular weight is 325 g/mol. The maximum Gasteiger partial charge on any atom is 0.232 e. The second kappa shape index (κ2) is 6.80. The van der Waals surface area contributed by atoms with Gasteiger partial charge in [0.2, 0.25) is 5.91 Å². The number of piperidine rings is 1. The molecule has 0 aliphatic carbocycles. The number of aryl methyl sites for hydroxylation is 1. The molecule has 0 N–H and O–H groups in total. The Morgan fingerprint density at radius 1 is 1.29 bits per heavy atom. The molecule has 1 saturated heterocycles. The van der Waals surface area contributed by atoms with E-state index in [1.165, 1.54) is 0 Å². The van der Waals surface area contributed by atoms with Gasteiger partial charge in [-0.2, -0.15) is 0 Å². The van der Waals surface area contributed by atoms with Crippen molar-refractivity contribution in [2.75, 3.05) is 13.1 Å². The molecule has 0 unspecified atom stereocenters. The van der Waals surface area contributed by atoms with Crippen LogP contribution in [0.2, 0.25) is 0 Å². The number of amides is 1. The van der Waals surface area contributed by atoms with Gasteiger partial charge in [-0.05, 0) is 39.2 Å². The van der Waals surface area contributed by atoms with Gasteiger partial charge in [-0.1, -0.05) is 30.3 Å². The van der Waals surface area contributed by atoms with Gasteiger partial charge in [0.15, 0.2) is 0 Å². The maximum atomic E-state index is 13.2. The van der Waals surface area contributed by atoms with Gasteiger partial charge in [0.1, 0.15) is 5.82 Å². The van der Waals surface area contributed by atoms with Crippen molar-refractivity contribution in [1.82, 2.24) is 14.5 Å². The number of benzene rings is 1. The monoisotopic (exact) mass is 325 g/mol. The first-order chi connectivity index (χ1) is 11.5. The van der Waals surface area contributed by atoms with Crippen molar-refractivity contribution in [2.24, 2.45) is 0 Å². The van der Waals surface area contributed by atoms with Crippen molar-refractivity contribution in [2.45, 2.75) is 51.5 Å². The van der Waals surface area contributed by atoms with E-state index >= 15 is 0 Å². The van der Waals surface area contributed by atoms with Crippen molar-refractivity contribution >= 4 is 5.91 Å². The molecule has 2 heterocycles. The quantitative estimate of drug-likeness (QED) is 0.861. The SMILES string of the molecule is CCn1ccnc1[C@H]1CCCN(C(=O)C(C)(C)c2ccccc2)C1. The molecule has 24 heavy (non-hydrogen) atoms. The minimum absolute atomic E-state index is 0.216. The Balaban J connectivity index is 1.78. The average Bonchev–Trinajstić information content (AvgIpc) is 3.10. The van der Waals surface area contributed by atoms with Gasteiger partial charge in [-0.3, -0.25) is 4.79 Å². The Bertz CT molecular complexity index is 690. The lowest BCUT2D eigenvalue weighted by Crippen LogP contribution is -2.47. The zero-order chi connectivity index (χ0) is 17.2. The predicted octanol–water partition coefficient (Wildman–Crippen LogP) is 3.59. The molecule has 0 spiro atoms. The van der Waals surface area contributed by atoms with E-state index in [1.807, 2.05) is 61.5 Å². The number of likely N-dealkylation sites (tertiary alicyclic amines) is 1. The zero-order valence-corrected chi connectivity index (χ0v) is 14.9. The molecule has 1 aromatic heterocycles. The highest BCUT2D eigenvalue weighted by Gasteiger charge is 2.36. The van der Waals surface area contributed by atoms with E-state index in [2.05, 4.69) is 16.5 Å². The van der Waals surface area contributed by atoms with Gasteiger partial charge < -0.3 is 9.47 Å². The highest BCUT2D eigenvalue weighted by molar-refractivity contribution is 5.87. The summed E-state index contributed by atoms with van der Waals surface area (Å²) in [6.45, 7) is 8.73. The molecular formula is C20H27N3O. The van der Waals surface area contributed by atoms with E-state index in [-0.39, 0.29) is 5.91 Å². The molecule has 3 rings (SSSR count). The van der Waals surface area contributed by atoms with Gasteiger partial charge >= 0.3 is 0 Å². The van der Waals surface area contributed by atoms with E-state index in [0.717, 1.165) is 43.9 Å².